The fourth-order valence-corrected chi connectivity index (χ4v) is 4.50. The van der Waals surface area contributed by atoms with Crippen LogP contribution in [0.3, 0.4) is 0 Å². The third-order valence-electron chi connectivity index (χ3n) is 8.21. The second-order valence-corrected chi connectivity index (χ2v) is 17.5. The summed E-state index contributed by atoms with van der Waals surface area (Å²) in [6.45, 7) is 28.9. The molecule has 0 saturated carbocycles. The summed E-state index contributed by atoms with van der Waals surface area (Å²) in [5.74, 6) is 0.130. The Morgan fingerprint density at radius 1 is 0.767 bits per heavy atom. The number of hydrogen-bond acceptors (Lipinski definition) is 5. The maximum atomic E-state index is 6.48. The standard InChI is InChI=1S/C22H46B2O5Si/c1-18(2,3)30(12,13)25-15-14-17(24-28-21(8,9)22(10,11)29-24)16-23-26-19(4,5)20(6,7)27-23/h17H,14-16H2,1-13H3/t17-/m0/s1. The maximum Gasteiger partial charge on any atom is 0.460 e. The van der Waals surface area contributed by atoms with Gasteiger partial charge in [-0.15, -0.1) is 0 Å². The summed E-state index contributed by atoms with van der Waals surface area (Å²) < 4.78 is 31.9. The molecule has 2 aliphatic rings. The summed E-state index contributed by atoms with van der Waals surface area (Å²) in [4.78, 5) is 0. The summed E-state index contributed by atoms with van der Waals surface area (Å²) in [5.41, 5.74) is -1.39. The molecular formula is C22H46B2O5Si. The first-order valence-electron chi connectivity index (χ1n) is 11.6. The Labute approximate surface area is 187 Å². The van der Waals surface area contributed by atoms with Crippen LogP contribution in [0.2, 0.25) is 30.3 Å². The Morgan fingerprint density at radius 3 is 1.57 bits per heavy atom. The molecule has 2 rings (SSSR count). The summed E-state index contributed by atoms with van der Waals surface area (Å²) in [5, 5.41) is 0.193. The SMILES string of the molecule is CC1(C)OB(C[C@H](CCO[Si](C)(C)C(C)(C)C)B2OC(C)(C)C(C)(C)O2)OC1(C)C. The van der Waals surface area contributed by atoms with Crippen molar-refractivity contribution in [1.29, 1.82) is 0 Å². The van der Waals surface area contributed by atoms with Crippen molar-refractivity contribution in [2.45, 2.75) is 135 Å². The minimum absolute atomic E-state index is 0.130. The quantitative estimate of drug-likeness (QED) is 0.458. The van der Waals surface area contributed by atoms with Gasteiger partial charge in [-0.2, -0.15) is 0 Å². The minimum atomic E-state index is -1.80. The topological polar surface area (TPSA) is 46.2 Å². The van der Waals surface area contributed by atoms with Gasteiger partial charge in [0.25, 0.3) is 0 Å². The predicted octanol–water partition coefficient (Wildman–Crippen LogP) is 5.95. The molecule has 174 valence electrons. The summed E-state index contributed by atoms with van der Waals surface area (Å²) in [6, 6.07) is 0. The first kappa shape index (κ1) is 26.4. The molecular weight excluding hydrogens is 394 g/mol. The van der Waals surface area contributed by atoms with Crippen LogP contribution in [-0.2, 0) is 23.0 Å². The Hall–Kier alpha value is 0.147. The zero-order valence-electron chi connectivity index (χ0n) is 21.9. The van der Waals surface area contributed by atoms with E-state index in [-0.39, 0.29) is 47.5 Å². The summed E-state index contributed by atoms with van der Waals surface area (Å²) >= 11 is 0. The molecule has 0 spiro atoms. The van der Waals surface area contributed by atoms with Crippen LogP contribution in [0.25, 0.3) is 0 Å². The van der Waals surface area contributed by atoms with E-state index in [1.165, 1.54) is 0 Å². The van der Waals surface area contributed by atoms with Crippen LogP contribution in [-0.4, -0.2) is 51.6 Å². The normalized spacial score (nSPS) is 26.3. The first-order chi connectivity index (χ1) is 13.2. The molecule has 2 saturated heterocycles. The summed E-state index contributed by atoms with van der Waals surface area (Å²) in [7, 11) is -2.37. The van der Waals surface area contributed by atoms with E-state index >= 15 is 0 Å². The molecule has 30 heavy (non-hydrogen) atoms. The molecule has 2 aliphatic heterocycles. The lowest BCUT2D eigenvalue weighted by atomic mass is 9.60. The van der Waals surface area contributed by atoms with Gasteiger partial charge in [0.1, 0.15) is 0 Å². The smallest absolute Gasteiger partial charge is 0.417 e. The molecule has 0 amide bonds. The van der Waals surface area contributed by atoms with Gasteiger partial charge in [-0.1, -0.05) is 20.8 Å². The van der Waals surface area contributed by atoms with E-state index in [0.717, 1.165) is 12.7 Å². The van der Waals surface area contributed by atoms with E-state index in [1.54, 1.807) is 0 Å². The highest BCUT2D eigenvalue weighted by molar-refractivity contribution is 6.74. The van der Waals surface area contributed by atoms with Crippen LogP contribution in [0.4, 0.5) is 0 Å². The van der Waals surface area contributed by atoms with Gasteiger partial charge >= 0.3 is 14.2 Å². The number of hydrogen-bond donors (Lipinski definition) is 0. The zero-order valence-corrected chi connectivity index (χ0v) is 22.9. The molecule has 5 nitrogen and oxygen atoms in total. The molecule has 0 radical (unpaired) electrons. The molecule has 1 atom stereocenters. The third kappa shape index (κ3) is 5.37. The highest BCUT2D eigenvalue weighted by atomic mass is 28.4. The van der Waals surface area contributed by atoms with Crippen LogP contribution < -0.4 is 0 Å². The molecule has 0 aromatic heterocycles. The monoisotopic (exact) mass is 440 g/mol. The van der Waals surface area contributed by atoms with Crippen molar-refractivity contribution >= 4 is 22.6 Å². The van der Waals surface area contributed by atoms with Crippen LogP contribution in [0.1, 0.15) is 82.6 Å². The second kappa shape index (κ2) is 8.18. The molecule has 0 aliphatic carbocycles. The average molecular weight is 440 g/mol. The van der Waals surface area contributed by atoms with Crippen LogP contribution in [0.15, 0.2) is 0 Å². The second-order valence-electron chi connectivity index (χ2n) is 12.7. The molecule has 8 heteroatoms. The van der Waals surface area contributed by atoms with Crippen LogP contribution in [0, 0.1) is 0 Å². The molecule has 0 aromatic carbocycles. The van der Waals surface area contributed by atoms with Crippen molar-refractivity contribution in [2.75, 3.05) is 6.61 Å². The Bertz CT molecular complexity index is 581. The van der Waals surface area contributed by atoms with E-state index in [2.05, 4.69) is 89.3 Å². The molecule has 0 N–H and O–H groups in total. The van der Waals surface area contributed by atoms with Gasteiger partial charge in [-0.3, -0.25) is 0 Å². The van der Waals surface area contributed by atoms with Crippen molar-refractivity contribution in [1.82, 2.24) is 0 Å². The first-order valence-corrected chi connectivity index (χ1v) is 14.5. The van der Waals surface area contributed by atoms with Crippen LogP contribution in [0.5, 0.6) is 0 Å². The largest absolute Gasteiger partial charge is 0.460 e. The van der Waals surface area contributed by atoms with E-state index in [9.17, 15) is 0 Å². The van der Waals surface area contributed by atoms with Gasteiger partial charge in [0.15, 0.2) is 8.32 Å². The van der Waals surface area contributed by atoms with Gasteiger partial charge in [0.05, 0.1) is 22.4 Å². The molecule has 2 fully saturated rings. The lowest BCUT2D eigenvalue weighted by Gasteiger charge is -2.36. The third-order valence-corrected chi connectivity index (χ3v) is 12.7. The lowest BCUT2D eigenvalue weighted by Crippen LogP contribution is -2.41. The van der Waals surface area contributed by atoms with E-state index < -0.39 is 8.32 Å². The van der Waals surface area contributed by atoms with Crippen molar-refractivity contribution < 1.29 is 23.0 Å². The zero-order chi connectivity index (χ0) is 23.4. The van der Waals surface area contributed by atoms with Crippen molar-refractivity contribution in [3.63, 3.8) is 0 Å². The molecule has 2 heterocycles. The van der Waals surface area contributed by atoms with E-state index in [4.69, 9.17) is 23.0 Å². The molecule has 0 aromatic rings. The fourth-order valence-electron chi connectivity index (χ4n) is 3.44. The minimum Gasteiger partial charge on any atom is -0.417 e. The maximum absolute atomic E-state index is 6.48. The predicted molar refractivity (Wildman–Crippen MR) is 128 cm³/mol. The Kier molecular flexibility index (Phi) is 7.19. The van der Waals surface area contributed by atoms with E-state index in [1.807, 2.05) is 0 Å². The molecule has 0 unspecified atom stereocenters. The highest BCUT2D eigenvalue weighted by Crippen LogP contribution is 2.45. The van der Waals surface area contributed by atoms with Gasteiger partial charge in [-0.25, -0.2) is 0 Å². The fraction of sp³-hybridized carbons (Fsp3) is 1.00. The van der Waals surface area contributed by atoms with Crippen molar-refractivity contribution in [3.05, 3.63) is 0 Å². The Morgan fingerprint density at radius 2 is 1.17 bits per heavy atom. The molecule has 0 bridgehead atoms. The van der Waals surface area contributed by atoms with Crippen molar-refractivity contribution in [2.24, 2.45) is 0 Å². The summed E-state index contributed by atoms with van der Waals surface area (Å²) in [6.07, 6.45) is 1.58. The lowest BCUT2D eigenvalue weighted by molar-refractivity contribution is 0.00578. The van der Waals surface area contributed by atoms with Gasteiger partial charge < -0.3 is 23.0 Å². The number of rotatable bonds is 7. The van der Waals surface area contributed by atoms with Gasteiger partial charge in [-0.05, 0) is 92.1 Å². The highest BCUT2D eigenvalue weighted by Gasteiger charge is 2.57. The van der Waals surface area contributed by atoms with Crippen LogP contribution >= 0.6 is 0 Å². The average Bonchev–Trinajstić information content (AvgIpc) is 2.84. The van der Waals surface area contributed by atoms with Gasteiger partial charge in [0.2, 0.25) is 0 Å². The van der Waals surface area contributed by atoms with Gasteiger partial charge in [0, 0.05) is 6.61 Å². The van der Waals surface area contributed by atoms with Crippen molar-refractivity contribution in [3.8, 4) is 0 Å². The Balaban J connectivity index is 2.12. The van der Waals surface area contributed by atoms with E-state index in [0.29, 0.717) is 6.61 Å².